The van der Waals surface area contributed by atoms with E-state index in [-0.39, 0.29) is 24.8 Å². The van der Waals surface area contributed by atoms with Crippen molar-refractivity contribution in [1.82, 2.24) is 4.31 Å². The monoisotopic (exact) mass is 323 g/mol. The van der Waals surface area contributed by atoms with E-state index in [1.807, 2.05) is 19.9 Å². The number of amides is 1. The van der Waals surface area contributed by atoms with E-state index < -0.39 is 10.0 Å². The third kappa shape index (κ3) is 5.84. The topological polar surface area (TPSA) is 90.3 Å². The molecule has 0 saturated carbocycles. The van der Waals surface area contributed by atoms with Crippen LogP contribution in [0.25, 0.3) is 0 Å². The van der Waals surface area contributed by atoms with Gasteiger partial charge in [-0.05, 0) is 18.1 Å². The van der Waals surface area contributed by atoms with Crippen LogP contribution in [-0.4, -0.2) is 38.0 Å². The van der Waals surface area contributed by atoms with Gasteiger partial charge < -0.3 is 5.32 Å². The fourth-order valence-electron chi connectivity index (χ4n) is 1.93. The Balaban J connectivity index is 2.67. The summed E-state index contributed by atoms with van der Waals surface area (Å²) in [5.41, 5.74) is 0.808. The summed E-state index contributed by atoms with van der Waals surface area (Å²) in [5.74, 6) is -0.141. The largest absolute Gasteiger partial charge is 0.325 e. The van der Waals surface area contributed by atoms with Crippen LogP contribution in [0, 0.1) is 17.2 Å². The number of rotatable bonds is 7. The van der Waals surface area contributed by atoms with Gasteiger partial charge in [-0.1, -0.05) is 26.0 Å². The normalized spacial score (nSPS) is 11.5. The fraction of sp³-hybridized carbons (Fsp3) is 0.467. The van der Waals surface area contributed by atoms with E-state index >= 15 is 0 Å². The van der Waals surface area contributed by atoms with Crippen LogP contribution in [0.3, 0.4) is 0 Å². The van der Waals surface area contributed by atoms with Crippen molar-refractivity contribution in [3.05, 3.63) is 29.8 Å². The molecule has 1 amide bonds. The summed E-state index contributed by atoms with van der Waals surface area (Å²) in [4.78, 5) is 12.0. The van der Waals surface area contributed by atoms with E-state index in [0.717, 1.165) is 6.26 Å². The van der Waals surface area contributed by atoms with Crippen molar-refractivity contribution in [2.24, 2.45) is 5.92 Å². The Morgan fingerprint density at radius 3 is 2.55 bits per heavy atom. The van der Waals surface area contributed by atoms with Crippen LogP contribution in [0.15, 0.2) is 24.3 Å². The highest BCUT2D eigenvalue weighted by molar-refractivity contribution is 7.88. The van der Waals surface area contributed by atoms with Gasteiger partial charge in [-0.2, -0.15) is 5.26 Å². The van der Waals surface area contributed by atoms with Gasteiger partial charge >= 0.3 is 0 Å². The number of carbonyl (C=O) groups excluding carboxylic acids is 1. The maximum atomic E-state index is 12.0. The third-order valence-electron chi connectivity index (χ3n) is 2.95. The van der Waals surface area contributed by atoms with Crippen molar-refractivity contribution in [1.29, 1.82) is 5.26 Å². The number of nitrogens with one attached hydrogen (secondary N) is 1. The molecule has 6 nitrogen and oxygen atoms in total. The van der Waals surface area contributed by atoms with Gasteiger partial charge in [0.25, 0.3) is 0 Å². The standard InChI is InChI=1S/C15H21N3O3S/c1-12(2)11-18(22(3,20)21)9-8-15(19)17-14-7-5-4-6-13(14)10-16/h4-7,12H,8-9,11H2,1-3H3,(H,17,19). The summed E-state index contributed by atoms with van der Waals surface area (Å²) in [6.07, 6.45) is 1.18. The van der Waals surface area contributed by atoms with E-state index in [1.165, 1.54) is 4.31 Å². The number of anilines is 1. The molecule has 0 spiro atoms. The number of benzene rings is 1. The number of nitriles is 1. The van der Waals surface area contributed by atoms with Crippen molar-refractivity contribution >= 4 is 21.6 Å². The average Bonchev–Trinajstić information content (AvgIpc) is 2.42. The molecule has 0 radical (unpaired) electrons. The molecule has 0 aliphatic heterocycles. The van der Waals surface area contributed by atoms with Crippen molar-refractivity contribution < 1.29 is 13.2 Å². The number of carbonyl (C=O) groups is 1. The molecule has 7 heteroatoms. The van der Waals surface area contributed by atoms with Gasteiger partial charge in [-0.15, -0.1) is 0 Å². The van der Waals surface area contributed by atoms with E-state index in [9.17, 15) is 13.2 Å². The molecular weight excluding hydrogens is 302 g/mol. The molecule has 0 unspecified atom stereocenters. The SMILES string of the molecule is CC(C)CN(CCC(=O)Nc1ccccc1C#N)S(C)(=O)=O. The lowest BCUT2D eigenvalue weighted by Crippen LogP contribution is -2.35. The summed E-state index contributed by atoms with van der Waals surface area (Å²) < 4.78 is 24.7. The van der Waals surface area contributed by atoms with Gasteiger partial charge in [0.1, 0.15) is 6.07 Å². The number of para-hydroxylation sites is 1. The lowest BCUT2D eigenvalue weighted by atomic mass is 10.2. The lowest BCUT2D eigenvalue weighted by molar-refractivity contribution is -0.116. The zero-order chi connectivity index (χ0) is 16.8. The molecule has 22 heavy (non-hydrogen) atoms. The van der Waals surface area contributed by atoms with Crippen molar-refractivity contribution in [3.8, 4) is 6.07 Å². The third-order valence-corrected chi connectivity index (χ3v) is 4.22. The van der Waals surface area contributed by atoms with Crippen molar-refractivity contribution in [2.45, 2.75) is 20.3 Å². The van der Waals surface area contributed by atoms with Crippen LogP contribution < -0.4 is 5.32 Å². The molecule has 0 aromatic heterocycles. The van der Waals surface area contributed by atoms with Crippen molar-refractivity contribution in [3.63, 3.8) is 0 Å². The predicted molar refractivity (Wildman–Crippen MR) is 85.7 cm³/mol. The van der Waals surface area contributed by atoms with E-state index in [0.29, 0.717) is 17.8 Å². The first-order chi connectivity index (χ1) is 10.2. The number of sulfonamides is 1. The molecule has 0 heterocycles. The molecule has 0 bridgehead atoms. The Morgan fingerprint density at radius 2 is 2.00 bits per heavy atom. The van der Waals surface area contributed by atoms with E-state index in [2.05, 4.69) is 5.32 Å². The average molecular weight is 323 g/mol. The molecule has 120 valence electrons. The molecule has 1 rings (SSSR count). The van der Waals surface area contributed by atoms with E-state index in [1.54, 1.807) is 24.3 Å². The Labute approximate surface area is 131 Å². The second-order valence-electron chi connectivity index (χ2n) is 5.47. The van der Waals surface area contributed by atoms with Gasteiger partial charge in [-0.3, -0.25) is 4.79 Å². The second kappa shape index (κ2) is 7.92. The minimum atomic E-state index is -3.34. The van der Waals surface area contributed by atoms with Crippen LogP contribution in [0.5, 0.6) is 0 Å². The highest BCUT2D eigenvalue weighted by Gasteiger charge is 2.19. The van der Waals surface area contributed by atoms with Gasteiger partial charge in [0.2, 0.25) is 15.9 Å². The smallest absolute Gasteiger partial charge is 0.225 e. The summed E-state index contributed by atoms with van der Waals surface area (Å²) in [6.45, 7) is 4.33. The number of nitrogens with zero attached hydrogens (tertiary/aromatic N) is 2. The first-order valence-electron chi connectivity index (χ1n) is 6.98. The fourth-order valence-corrected chi connectivity index (χ4v) is 2.92. The molecule has 1 aromatic rings. The first kappa shape index (κ1) is 18.1. The lowest BCUT2D eigenvalue weighted by Gasteiger charge is -2.21. The number of hydrogen-bond acceptors (Lipinski definition) is 4. The Bertz CT molecular complexity index is 663. The molecular formula is C15H21N3O3S. The van der Waals surface area contributed by atoms with E-state index in [4.69, 9.17) is 5.26 Å². The highest BCUT2D eigenvalue weighted by atomic mass is 32.2. The van der Waals surface area contributed by atoms with Gasteiger partial charge in [0, 0.05) is 19.5 Å². The summed E-state index contributed by atoms with van der Waals surface area (Å²) in [6, 6.07) is 8.67. The molecule has 1 N–H and O–H groups in total. The maximum Gasteiger partial charge on any atom is 0.225 e. The molecule has 0 fully saturated rings. The maximum absolute atomic E-state index is 12.0. The summed E-state index contributed by atoms with van der Waals surface area (Å²) in [5, 5.41) is 11.6. The minimum Gasteiger partial charge on any atom is -0.325 e. The predicted octanol–water partition coefficient (Wildman–Crippen LogP) is 1.80. The first-order valence-corrected chi connectivity index (χ1v) is 8.83. The molecule has 1 aromatic carbocycles. The Kier molecular flexibility index (Phi) is 6.53. The molecule has 0 aliphatic rings. The molecule has 0 saturated heterocycles. The second-order valence-corrected chi connectivity index (χ2v) is 7.45. The Morgan fingerprint density at radius 1 is 1.36 bits per heavy atom. The quantitative estimate of drug-likeness (QED) is 0.828. The summed E-state index contributed by atoms with van der Waals surface area (Å²) in [7, 11) is -3.34. The van der Waals surface area contributed by atoms with Gasteiger partial charge in [0.15, 0.2) is 0 Å². The zero-order valence-electron chi connectivity index (χ0n) is 13.0. The van der Waals surface area contributed by atoms with Gasteiger partial charge in [-0.25, -0.2) is 12.7 Å². The van der Waals surface area contributed by atoms with Crippen molar-refractivity contribution in [2.75, 3.05) is 24.7 Å². The molecule has 0 aliphatic carbocycles. The summed E-state index contributed by atoms with van der Waals surface area (Å²) >= 11 is 0. The molecule has 0 atom stereocenters. The van der Waals surface area contributed by atoms with Crippen LogP contribution in [0.2, 0.25) is 0 Å². The van der Waals surface area contributed by atoms with Crippen LogP contribution in [-0.2, 0) is 14.8 Å². The zero-order valence-corrected chi connectivity index (χ0v) is 13.9. The van der Waals surface area contributed by atoms with Crippen LogP contribution in [0.1, 0.15) is 25.8 Å². The van der Waals surface area contributed by atoms with Gasteiger partial charge in [0.05, 0.1) is 17.5 Å². The van der Waals surface area contributed by atoms with Crippen LogP contribution in [0.4, 0.5) is 5.69 Å². The highest BCUT2D eigenvalue weighted by Crippen LogP contribution is 2.14. The number of hydrogen-bond donors (Lipinski definition) is 1. The Hall–Kier alpha value is -1.91. The van der Waals surface area contributed by atoms with Crippen LogP contribution >= 0.6 is 0 Å². The minimum absolute atomic E-state index is 0.0412.